The van der Waals surface area contributed by atoms with Crippen LogP contribution in [-0.4, -0.2) is 35.1 Å². The maximum atomic E-state index is 13.7. The normalized spacial score (nSPS) is 11.5. The Kier molecular flexibility index (Phi) is 10.7. The SMILES string of the molecule is CC.CC(C)c1ncc(-c2nccc3cccnc23)cc1O.CCC(C)c1ncc(-c2cnc3c(F)c(F)ccc3c2)cc1O. The molecule has 0 saturated heterocycles. The zero-order valence-electron chi connectivity index (χ0n) is 26.3. The Morgan fingerprint density at radius 2 is 1.31 bits per heavy atom. The highest BCUT2D eigenvalue weighted by Gasteiger charge is 2.14. The third kappa shape index (κ3) is 7.20. The largest absolute Gasteiger partial charge is 0.506 e. The van der Waals surface area contributed by atoms with Crippen LogP contribution in [-0.2, 0) is 0 Å². The molecule has 0 bridgehead atoms. The fourth-order valence-corrected chi connectivity index (χ4v) is 4.75. The number of pyridine rings is 5. The third-order valence-electron chi connectivity index (χ3n) is 7.29. The summed E-state index contributed by atoms with van der Waals surface area (Å²) in [5.41, 5.74) is 5.02. The van der Waals surface area contributed by atoms with Gasteiger partial charge in [-0.15, -0.1) is 0 Å². The number of hydrogen-bond acceptors (Lipinski definition) is 7. The van der Waals surface area contributed by atoms with Crippen LogP contribution in [0.25, 0.3) is 44.2 Å². The number of aromatic nitrogens is 5. The lowest BCUT2D eigenvalue weighted by atomic mass is 10.0. The molecule has 0 radical (unpaired) electrons. The van der Waals surface area contributed by atoms with Gasteiger partial charge in [0.05, 0.1) is 22.6 Å². The van der Waals surface area contributed by atoms with Crippen LogP contribution in [0.1, 0.15) is 71.2 Å². The van der Waals surface area contributed by atoms with Crippen molar-refractivity contribution in [2.75, 3.05) is 0 Å². The number of rotatable bonds is 5. The summed E-state index contributed by atoms with van der Waals surface area (Å²) in [6, 6.07) is 13.4. The Labute approximate surface area is 261 Å². The Morgan fingerprint density at radius 1 is 0.667 bits per heavy atom. The van der Waals surface area contributed by atoms with Gasteiger partial charge >= 0.3 is 0 Å². The molecule has 0 fully saturated rings. The summed E-state index contributed by atoms with van der Waals surface area (Å²) in [5.74, 6) is -1.20. The van der Waals surface area contributed by atoms with Crippen LogP contribution in [0.2, 0.25) is 0 Å². The maximum absolute atomic E-state index is 13.7. The molecule has 9 heteroatoms. The van der Waals surface area contributed by atoms with E-state index in [2.05, 4.69) is 24.9 Å². The first kappa shape index (κ1) is 32.9. The summed E-state index contributed by atoms with van der Waals surface area (Å²) in [4.78, 5) is 21.4. The van der Waals surface area contributed by atoms with Gasteiger partial charge in [-0.1, -0.05) is 47.6 Å². The van der Waals surface area contributed by atoms with E-state index < -0.39 is 11.6 Å². The van der Waals surface area contributed by atoms with E-state index in [1.54, 1.807) is 43.0 Å². The van der Waals surface area contributed by atoms with Gasteiger partial charge in [0.2, 0.25) is 0 Å². The molecule has 0 aliphatic carbocycles. The molecule has 1 aromatic carbocycles. The molecule has 5 aromatic heterocycles. The van der Waals surface area contributed by atoms with Gasteiger partial charge in [0, 0.05) is 64.4 Å². The molecular formula is C36H37F2N5O2. The molecular weight excluding hydrogens is 572 g/mol. The zero-order chi connectivity index (χ0) is 32.7. The minimum absolute atomic E-state index is 0.0119. The molecule has 1 unspecified atom stereocenters. The van der Waals surface area contributed by atoms with E-state index in [1.807, 2.05) is 59.7 Å². The first-order valence-corrected chi connectivity index (χ1v) is 15.0. The molecule has 1 atom stereocenters. The maximum Gasteiger partial charge on any atom is 0.184 e. The smallest absolute Gasteiger partial charge is 0.184 e. The first-order chi connectivity index (χ1) is 21.7. The molecule has 0 aliphatic heterocycles. The highest BCUT2D eigenvalue weighted by Crippen LogP contribution is 2.32. The molecule has 232 valence electrons. The van der Waals surface area contributed by atoms with Crippen LogP contribution in [0.4, 0.5) is 8.78 Å². The van der Waals surface area contributed by atoms with Gasteiger partial charge in [-0.25, -0.2) is 8.78 Å². The Balaban J connectivity index is 0.000000196. The number of fused-ring (bicyclic) bond motifs is 2. The predicted molar refractivity (Wildman–Crippen MR) is 175 cm³/mol. The summed E-state index contributed by atoms with van der Waals surface area (Å²) in [7, 11) is 0. The topological polar surface area (TPSA) is 105 Å². The Bertz CT molecular complexity index is 1930. The van der Waals surface area contributed by atoms with Crippen LogP contribution in [0, 0.1) is 11.6 Å². The van der Waals surface area contributed by atoms with Crippen LogP contribution in [0.15, 0.2) is 79.5 Å². The second-order valence-corrected chi connectivity index (χ2v) is 10.6. The van der Waals surface area contributed by atoms with Crippen molar-refractivity contribution in [1.29, 1.82) is 0 Å². The molecule has 0 amide bonds. The Morgan fingerprint density at radius 3 is 2.00 bits per heavy atom. The second-order valence-electron chi connectivity index (χ2n) is 10.6. The molecule has 6 aromatic rings. The molecule has 7 nitrogen and oxygen atoms in total. The van der Waals surface area contributed by atoms with Crippen molar-refractivity contribution in [3.8, 4) is 33.9 Å². The van der Waals surface area contributed by atoms with Gasteiger partial charge in [0.1, 0.15) is 17.0 Å². The quantitative estimate of drug-likeness (QED) is 0.201. The van der Waals surface area contributed by atoms with Crippen molar-refractivity contribution >= 4 is 21.8 Å². The van der Waals surface area contributed by atoms with E-state index in [1.165, 1.54) is 12.3 Å². The molecule has 0 saturated carbocycles. The van der Waals surface area contributed by atoms with E-state index in [-0.39, 0.29) is 28.9 Å². The van der Waals surface area contributed by atoms with Crippen molar-refractivity contribution in [2.45, 2.75) is 59.8 Å². The summed E-state index contributed by atoms with van der Waals surface area (Å²) < 4.78 is 26.9. The fourth-order valence-electron chi connectivity index (χ4n) is 4.75. The first-order valence-electron chi connectivity index (χ1n) is 15.0. The standard InChI is InChI=1S/C18H16F2N2O.C16H15N3O.C2H6/c1-3-10(2)17-15(23)7-13(9-21-17)12-6-11-4-5-14(19)16(20)18(11)22-8-12;1-10(2)14-13(20)8-12(9-19-14)16-15-11(5-7-18-16)4-3-6-17-15;1-2/h4-10,23H,3H2,1-2H3;3-10,20H,1-2H3;1-2H3. The number of hydrogen-bond donors (Lipinski definition) is 2. The van der Waals surface area contributed by atoms with Gasteiger partial charge in [0.15, 0.2) is 11.6 Å². The number of benzene rings is 1. The molecule has 0 spiro atoms. The summed E-state index contributed by atoms with van der Waals surface area (Å²) in [5, 5.41) is 21.8. The average molecular weight is 610 g/mol. The minimum atomic E-state index is -0.956. The summed E-state index contributed by atoms with van der Waals surface area (Å²) in [6.07, 6.45) is 9.21. The number of nitrogens with zero attached hydrogens (tertiary/aromatic N) is 5. The lowest BCUT2D eigenvalue weighted by Gasteiger charge is -2.11. The fraction of sp³-hybridized carbons (Fsp3) is 0.250. The van der Waals surface area contributed by atoms with E-state index in [0.717, 1.165) is 34.6 Å². The highest BCUT2D eigenvalue weighted by molar-refractivity contribution is 5.91. The van der Waals surface area contributed by atoms with Crippen LogP contribution >= 0.6 is 0 Å². The van der Waals surface area contributed by atoms with Crippen LogP contribution in [0.3, 0.4) is 0 Å². The van der Waals surface area contributed by atoms with Gasteiger partial charge in [0.25, 0.3) is 0 Å². The van der Waals surface area contributed by atoms with E-state index >= 15 is 0 Å². The van der Waals surface area contributed by atoms with Crippen molar-refractivity contribution in [2.24, 2.45) is 0 Å². The average Bonchev–Trinajstić information content (AvgIpc) is 3.06. The van der Waals surface area contributed by atoms with Crippen molar-refractivity contribution in [3.05, 3.63) is 103 Å². The molecule has 0 aliphatic rings. The lowest BCUT2D eigenvalue weighted by molar-refractivity contribution is 0.456. The van der Waals surface area contributed by atoms with Crippen molar-refractivity contribution in [3.63, 3.8) is 0 Å². The third-order valence-corrected chi connectivity index (χ3v) is 7.29. The van der Waals surface area contributed by atoms with Crippen LogP contribution < -0.4 is 0 Å². The van der Waals surface area contributed by atoms with Crippen molar-refractivity contribution in [1.82, 2.24) is 24.9 Å². The van der Waals surface area contributed by atoms with Crippen LogP contribution in [0.5, 0.6) is 11.5 Å². The number of halogens is 2. The van der Waals surface area contributed by atoms with Gasteiger partial charge < -0.3 is 10.2 Å². The molecule has 2 N–H and O–H groups in total. The molecule has 5 heterocycles. The Hall–Kier alpha value is -5.05. The highest BCUT2D eigenvalue weighted by atomic mass is 19.2. The molecule has 45 heavy (non-hydrogen) atoms. The monoisotopic (exact) mass is 609 g/mol. The van der Waals surface area contributed by atoms with Gasteiger partial charge in [-0.3, -0.25) is 24.9 Å². The van der Waals surface area contributed by atoms with E-state index in [0.29, 0.717) is 27.9 Å². The second kappa shape index (κ2) is 14.6. The van der Waals surface area contributed by atoms with Gasteiger partial charge in [-0.2, -0.15) is 0 Å². The van der Waals surface area contributed by atoms with Crippen molar-refractivity contribution < 1.29 is 19.0 Å². The predicted octanol–water partition coefficient (Wildman–Crippen LogP) is 9.34. The molecule has 6 rings (SSSR count). The van der Waals surface area contributed by atoms with E-state index in [9.17, 15) is 19.0 Å². The van der Waals surface area contributed by atoms with E-state index in [4.69, 9.17) is 0 Å². The summed E-state index contributed by atoms with van der Waals surface area (Å²) >= 11 is 0. The summed E-state index contributed by atoms with van der Waals surface area (Å²) in [6.45, 7) is 12.0. The van der Waals surface area contributed by atoms with Gasteiger partial charge in [-0.05, 0) is 54.8 Å². The number of aromatic hydroxyl groups is 2. The minimum Gasteiger partial charge on any atom is -0.506 e. The zero-order valence-corrected chi connectivity index (χ0v) is 26.3. The lowest BCUT2D eigenvalue weighted by Crippen LogP contribution is -1.97.